The van der Waals surface area contributed by atoms with E-state index in [0.717, 1.165) is 0 Å². The number of fused-ring (bicyclic) bond motifs is 2. The van der Waals surface area contributed by atoms with Crippen molar-refractivity contribution >= 4 is 43.3 Å². The van der Waals surface area contributed by atoms with Crippen LogP contribution in [0.25, 0.3) is 0 Å². The fourth-order valence-corrected chi connectivity index (χ4v) is 9.57. The first kappa shape index (κ1) is 34.2. The Morgan fingerprint density at radius 3 is 2.60 bits per heavy atom. The quantitative estimate of drug-likeness (QED) is 0.0798. The number of carbonyl (C=O) groups excluding carboxylic acids is 3. The summed E-state index contributed by atoms with van der Waals surface area (Å²) >= 11 is 0. The van der Waals surface area contributed by atoms with E-state index in [-0.39, 0.29) is 30.8 Å². The van der Waals surface area contributed by atoms with E-state index in [1.165, 1.54) is 7.11 Å². The molecule has 2 aliphatic rings. The first-order chi connectivity index (χ1) is 22.4. The molecular weight excluding hydrogens is 623 g/mol. The highest BCUT2D eigenvalue weighted by Crippen LogP contribution is 2.60. The third-order valence-corrected chi connectivity index (χ3v) is 11.7. The van der Waals surface area contributed by atoms with Gasteiger partial charge in [0.2, 0.25) is 8.41 Å². The number of hydrogen-bond acceptors (Lipinski definition) is 9. The SMILES string of the molecule is COC(=O)CCCCN1C(=O)[C@@]2(O[C@@H](CCn3cc(CCO)nn3)[C@H]([Si](C)(C)F)[C@H]2C)c2cc(NC(=O)c3ccc(N)cc3)ccc21. The molecule has 0 radical (unpaired) electrons. The molecule has 1 fully saturated rings. The second-order valence-electron chi connectivity index (χ2n) is 12.8. The van der Waals surface area contributed by atoms with Crippen LogP contribution in [0.15, 0.2) is 48.7 Å². The molecule has 1 saturated heterocycles. The highest BCUT2D eigenvalue weighted by molar-refractivity contribution is 6.72. The van der Waals surface area contributed by atoms with Crippen molar-refractivity contribution in [2.75, 3.05) is 36.2 Å². The first-order valence-corrected chi connectivity index (χ1v) is 18.9. The van der Waals surface area contributed by atoms with Gasteiger partial charge in [-0.25, -0.2) is 0 Å². The van der Waals surface area contributed by atoms with E-state index in [0.29, 0.717) is 72.7 Å². The summed E-state index contributed by atoms with van der Waals surface area (Å²) in [7, 11) is -2.06. The van der Waals surface area contributed by atoms with Crippen LogP contribution in [-0.2, 0) is 37.6 Å². The van der Waals surface area contributed by atoms with Gasteiger partial charge in [-0.3, -0.25) is 19.1 Å². The third-order valence-electron chi connectivity index (χ3n) is 9.23. The summed E-state index contributed by atoms with van der Waals surface area (Å²) in [6.45, 7) is 5.85. The van der Waals surface area contributed by atoms with Gasteiger partial charge in [0.25, 0.3) is 11.8 Å². The molecule has 1 spiro atoms. The minimum atomic E-state index is -3.40. The van der Waals surface area contributed by atoms with Gasteiger partial charge in [0.05, 0.1) is 24.6 Å². The van der Waals surface area contributed by atoms with E-state index in [9.17, 15) is 19.5 Å². The van der Waals surface area contributed by atoms with Crippen LogP contribution < -0.4 is 16.0 Å². The molecule has 3 aromatic rings. The van der Waals surface area contributed by atoms with Crippen LogP contribution in [0.1, 0.15) is 54.2 Å². The summed E-state index contributed by atoms with van der Waals surface area (Å²) in [5.41, 5.74) is 7.08. The molecular formula is C33H43FN6O6Si. The van der Waals surface area contributed by atoms with Gasteiger partial charge in [-0.1, -0.05) is 12.1 Å². The van der Waals surface area contributed by atoms with Crippen LogP contribution in [0.4, 0.5) is 21.2 Å². The maximum Gasteiger partial charge on any atom is 0.305 e. The lowest BCUT2D eigenvalue weighted by molar-refractivity contribution is -0.146. The van der Waals surface area contributed by atoms with Crippen LogP contribution in [0.3, 0.4) is 0 Å². The number of aromatic nitrogens is 3. The standard InChI is InChI=1S/C33H43FN6O6Si/c1-21-30(47(3,4)34)28(14-17-39-20-25(15-18-41)37-38-39)46-33(21)26-19-24(36-31(43)22-8-10-23(35)11-9-22)12-13-27(26)40(32(33)44)16-6-5-7-29(42)45-2/h8-13,19-21,28,30,41H,5-7,14-18,35H2,1-4H3,(H,36,43)/t21-,28+,30-,33+/m1/s1. The fraction of sp³-hybridized carbons (Fsp3) is 0.485. The predicted molar refractivity (Wildman–Crippen MR) is 177 cm³/mol. The molecule has 0 aliphatic carbocycles. The van der Waals surface area contributed by atoms with E-state index >= 15 is 4.11 Å². The molecule has 47 heavy (non-hydrogen) atoms. The fourth-order valence-electron chi connectivity index (χ4n) is 7.03. The lowest BCUT2D eigenvalue weighted by Crippen LogP contribution is -2.45. The Morgan fingerprint density at radius 2 is 1.91 bits per heavy atom. The zero-order valence-electron chi connectivity index (χ0n) is 27.2. The summed E-state index contributed by atoms with van der Waals surface area (Å²) < 4.78 is 29.5. The van der Waals surface area contributed by atoms with Crippen LogP contribution in [-0.4, -0.2) is 72.7 Å². The molecule has 5 rings (SSSR count). The van der Waals surface area contributed by atoms with E-state index in [2.05, 4.69) is 15.6 Å². The van der Waals surface area contributed by atoms with Gasteiger partial charge in [0, 0.05) is 72.7 Å². The zero-order chi connectivity index (χ0) is 33.9. The lowest BCUT2D eigenvalue weighted by atomic mass is 9.82. The summed E-state index contributed by atoms with van der Waals surface area (Å²) in [5.74, 6) is -1.46. The third kappa shape index (κ3) is 6.94. The van der Waals surface area contributed by atoms with E-state index in [4.69, 9.17) is 15.2 Å². The number of methoxy groups -OCH3 is 1. The number of amides is 2. The molecule has 2 amide bonds. The maximum atomic E-state index is 16.2. The van der Waals surface area contributed by atoms with Gasteiger partial charge >= 0.3 is 5.97 Å². The van der Waals surface area contributed by atoms with Gasteiger partial charge in [0.15, 0.2) is 5.60 Å². The number of rotatable bonds is 13. The van der Waals surface area contributed by atoms with Crippen molar-refractivity contribution in [1.29, 1.82) is 0 Å². The van der Waals surface area contributed by atoms with Crippen LogP contribution >= 0.6 is 0 Å². The lowest BCUT2D eigenvalue weighted by Gasteiger charge is -2.31. The number of nitrogens with two attached hydrogens (primary N) is 1. The number of aryl methyl sites for hydroxylation is 1. The Balaban J connectivity index is 1.48. The normalized spacial score (nSPS) is 22.1. The number of aliphatic hydroxyl groups excluding tert-OH is 1. The Hall–Kier alpha value is -4.14. The summed E-state index contributed by atoms with van der Waals surface area (Å²) in [6, 6.07) is 11.8. The number of anilines is 3. The van der Waals surface area contributed by atoms with Crippen molar-refractivity contribution < 1.29 is 33.1 Å². The molecule has 2 aliphatic heterocycles. The van der Waals surface area contributed by atoms with Crippen molar-refractivity contribution in [1.82, 2.24) is 15.0 Å². The molecule has 12 nitrogen and oxygen atoms in total. The Bertz CT molecular complexity index is 1610. The minimum absolute atomic E-state index is 0.0443. The molecule has 4 N–H and O–H groups in total. The number of carbonyl (C=O) groups is 3. The van der Waals surface area contributed by atoms with E-state index < -0.39 is 31.6 Å². The number of unbranched alkanes of at least 4 members (excludes halogenated alkanes) is 1. The van der Waals surface area contributed by atoms with Gasteiger partial charge in [-0.15, -0.1) is 5.10 Å². The minimum Gasteiger partial charge on any atom is -0.469 e. The topological polar surface area (TPSA) is 162 Å². The Kier molecular flexibility index (Phi) is 10.1. The van der Waals surface area contributed by atoms with Crippen molar-refractivity contribution in [3.05, 3.63) is 65.5 Å². The van der Waals surface area contributed by atoms with Crippen LogP contribution in [0.5, 0.6) is 0 Å². The smallest absolute Gasteiger partial charge is 0.305 e. The van der Waals surface area contributed by atoms with Crippen molar-refractivity contribution in [3.63, 3.8) is 0 Å². The molecule has 1 aromatic heterocycles. The number of ether oxygens (including phenoxy) is 2. The van der Waals surface area contributed by atoms with Gasteiger partial charge < -0.3 is 34.6 Å². The number of hydrogen-bond donors (Lipinski definition) is 3. The molecule has 14 heteroatoms. The number of esters is 1. The number of nitrogens with zero attached hydrogens (tertiary/aromatic N) is 4. The molecule has 0 saturated carbocycles. The predicted octanol–water partition coefficient (Wildman–Crippen LogP) is 4.20. The molecule has 3 heterocycles. The Morgan fingerprint density at radius 1 is 1.17 bits per heavy atom. The summed E-state index contributed by atoms with van der Waals surface area (Å²) in [5, 5.41) is 20.4. The molecule has 0 bridgehead atoms. The number of nitrogen functional groups attached to an aromatic ring is 1. The van der Waals surface area contributed by atoms with Gasteiger partial charge in [-0.2, -0.15) is 0 Å². The molecule has 2 aromatic carbocycles. The number of aliphatic hydroxyl groups is 1. The van der Waals surface area contributed by atoms with E-state index in [1.54, 1.807) is 71.3 Å². The van der Waals surface area contributed by atoms with Crippen molar-refractivity contribution in [2.24, 2.45) is 5.92 Å². The average Bonchev–Trinajstić information content (AvgIpc) is 3.68. The highest BCUT2D eigenvalue weighted by Gasteiger charge is 2.66. The average molecular weight is 667 g/mol. The summed E-state index contributed by atoms with van der Waals surface area (Å²) in [6.07, 6.45) is 3.23. The molecule has 0 unspecified atom stereocenters. The van der Waals surface area contributed by atoms with Crippen molar-refractivity contribution in [2.45, 2.75) is 75.9 Å². The molecule has 4 atom stereocenters. The largest absolute Gasteiger partial charge is 0.469 e. The van der Waals surface area contributed by atoms with E-state index in [1.807, 2.05) is 6.92 Å². The van der Waals surface area contributed by atoms with Gasteiger partial charge in [-0.05, 0) is 74.8 Å². The second kappa shape index (κ2) is 13.9. The number of nitrogens with one attached hydrogen (secondary N) is 1. The van der Waals surface area contributed by atoms with Gasteiger partial charge in [0.1, 0.15) is 0 Å². The first-order valence-electron chi connectivity index (χ1n) is 16.0. The maximum absolute atomic E-state index is 16.2. The summed E-state index contributed by atoms with van der Waals surface area (Å²) in [4.78, 5) is 41.1. The monoisotopic (exact) mass is 666 g/mol. The highest BCUT2D eigenvalue weighted by atomic mass is 28.4. The van der Waals surface area contributed by atoms with Crippen LogP contribution in [0.2, 0.25) is 18.6 Å². The number of halogens is 1. The zero-order valence-corrected chi connectivity index (χ0v) is 28.2. The van der Waals surface area contributed by atoms with Crippen LogP contribution in [0, 0.1) is 5.92 Å². The second-order valence-corrected chi connectivity index (χ2v) is 16.6. The Labute approximate surface area is 274 Å². The van der Waals surface area contributed by atoms with Crippen molar-refractivity contribution in [3.8, 4) is 0 Å². The molecule has 252 valence electrons. The number of benzene rings is 2.